The van der Waals surface area contributed by atoms with Crippen LogP contribution in [0.1, 0.15) is 67.9 Å². The summed E-state index contributed by atoms with van der Waals surface area (Å²) in [6.45, 7) is 0.900. The van der Waals surface area contributed by atoms with E-state index in [1.165, 1.54) is 29.9 Å². The van der Waals surface area contributed by atoms with Gasteiger partial charge in [0.2, 0.25) is 0 Å². The van der Waals surface area contributed by atoms with E-state index < -0.39 is 11.9 Å². The van der Waals surface area contributed by atoms with E-state index in [0.717, 1.165) is 49.8 Å². The van der Waals surface area contributed by atoms with Crippen molar-refractivity contribution < 1.29 is 29.6 Å². The standard InChI is InChI=1S/C22H34O6S2/c23-14-8-4-2-1-3-5-9-15-28-19-11-7-6-10-18(19)22(29-16-12-20(24)25)30-17-13-21(26)27/h6-7,10-11,22-23H,1-5,8-9,12-17H2,(H,24,25)(H,26,27). The average molecular weight is 459 g/mol. The molecule has 0 aromatic heterocycles. The quantitative estimate of drug-likeness (QED) is 0.192. The number of unbranched alkanes of at least 4 members (excludes halogenated alkanes) is 6. The number of carbonyl (C=O) groups is 2. The van der Waals surface area contributed by atoms with Crippen molar-refractivity contribution in [2.24, 2.45) is 0 Å². The molecule has 3 N–H and O–H groups in total. The van der Waals surface area contributed by atoms with E-state index in [0.29, 0.717) is 18.1 Å². The van der Waals surface area contributed by atoms with Gasteiger partial charge in [-0.05, 0) is 18.9 Å². The third kappa shape index (κ3) is 13.0. The van der Waals surface area contributed by atoms with E-state index in [-0.39, 0.29) is 24.0 Å². The first-order chi connectivity index (χ1) is 14.5. The van der Waals surface area contributed by atoms with Gasteiger partial charge < -0.3 is 20.1 Å². The molecule has 0 radical (unpaired) electrons. The Balaban J connectivity index is 2.53. The van der Waals surface area contributed by atoms with Crippen LogP contribution in [-0.2, 0) is 9.59 Å². The molecular weight excluding hydrogens is 424 g/mol. The molecule has 0 bridgehead atoms. The van der Waals surface area contributed by atoms with Gasteiger partial charge in [0, 0.05) is 23.7 Å². The van der Waals surface area contributed by atoms with Crippen molar-refractivity contribution in [1.29, 1.82) is 0 Å². The first-order valence-corrected chi connectivity index (χ1v) is 12.6. The van der Waals surface area contributed by atoms with Gasteiger partial charge in [0.05, 0.1) is 24.0 Å². The van der Waals surface area contributed by atoms with Gasteiger partial charge in [0.25, 0.3) is 0 Å². The second kappa shape index (κ2) is 17.3. The molecule has 6 nitrogen and oxygen atoms in total. The Morgan fingerprint density at radius 1 is 0.833 bits per heavy atom. The molecule has 0 saturated carbocycles. The van der Waals surface area contributed by atoms with Crippen LogP contribution < -0.4 is 4.74 Å². The molecular formula is C22H34O6S2. The molecule has 0 atom stereocenters. The minimum absolute atomic E-state index is 0.0635. The van der Waals surface area contributed by atoms with E-state index >= 15 is 0 Å². The number of hydrogen-bond acceptors (Lipinski definition) is 6. The molecule has 0 fully saturated rings. The molecule has 0 aliphatic carbocycles. The summed E-state index contributed by atoms with van der Waals surface area (Å²) in [4.78, 5) is 21.7. The number of carboxylic acids is 2. The molecule has 0 unspecified atom stereocenters. The molecule has 0 spiro atoms. The molecule has 1 rings (SSSR count). The smallest absolute Gasteiger partial charge is 0.304 e. The number of thioether (sulfide) groups is 2. The lowest BCUT2D eigenvalue weighted by molar-refractivity contribution is -0.137. The van der Waals surface area contributed by atoms with E-state index in [1.807, 2.05) is 24.3 Å². The second-order valence-electron chi connectivity index (χ2n) is 6.95. The van der Waals surface area contributed by atoms with E-state index in [4.69, 9.17) is 20.1 Å². The van der Waals surface area contributed by atoms with Gasteiger partial charge >= 0.3 is 11.9 Å². The molecule has 30 heavy (non-hydrogen) atoms. The van der Waals surface area contributed by atoms with Crippen LogP contribution in [-0.4, -0.2) is 52.0 Å². The monoisotopic (exact) mass is 458 g/mol. The summed E-state index contributed by atoms with van der Waals surface area (Å²) in [6, 6.07) is 7.74. The lowest BCUT2D eigenvalue weighted by Crippen LogP contribution is -2.04. The summed E-state index contributed by atoms with van der Waals surface area (Å²) in [6.07, 6.45) is 7.69. The van der Waals surface area contributed by atoms with E-state index in [1.54, 1.807) is 0 Å². The number of benzene rings is 1. The van der Waals surface area contributed by atoms with Gasteiger partial charge in [-0.25, -0.2) is 0 Å². The van der Waals surface area contributed by atoms with E-state index in [2.05, 4.69) is 0 Å². The lowest BCUT2D eigenvalue weighted by atomic mass is 10.1. The number of rotatable bonds is 19. The minimum Gasteiger partial charge on any atom is -0.493 e. The Labute approximate surface area is 187 Å². The highest BCUT2D eigenvalue weighted by Gasteiger charge is 2.18. The largest absolute Gasteiger partial charge is 0.493 e. The third-order valence-corrected chi connectivity index (χ3v) is 7.21. The molecule has 0 saturated heterocycles. The topological polar surface area (TPSA) is 104 Å². The predicted octanol–water partition coefficient (Wildman–Crippen LogP) is 5.20. The minimum atomic E-state index is -0.835. The van der Waals surface area contributed by atoms with Gasteiger partial charge in [0.1, 0.15) is 5.75 Å². The molecule has 0 amide bonds. The van der Waals surface area contributed by atoms with Crippen molar-refractivity contribution in [2.45, 2.75) is 62.4 Å². The SMILES string of the molecule is O=C(O)CCSC(SCCC(=O)O)c1ccccc1OCCCCCCCCCO. The zero-order valence-electron chi connectivity index (χ0n) is 17.5. The third-order valence-electron chi connectivity index (χ3n) is 4.40. The van der Waals surface area contributed by atoms with Crippen molar-refractivity contribution >= 4 is 35.5 Å². The highest BCUT2D eigenvalue weighted by molar-refractivity contribution is 8.16. The van der Waals surface area contributed by atoms with Crippen molar-refractivity contribution in [3.63, 3.8) is 0 Å². The maximum absolute atomic E-state index is 10.9. The maximum atomic E-state index is 10.9. The zero-order valence-corrected chi connectivity index (χ0v) is 19.1. The Hall–Kier alpha value is -1.38. The van der Waals surface area contributed by atoms with Gasteiger partial charge in [0.15, 0.2) is 0 Å². The van der Waals surface area contributed by atoms with Crippen molar-refractivity contribution in [3.8, 4) is 5.75 Å². The number of para-hydroxylation sites is 1. The second-order valence-corrected chi connectivity index (χ2v) is 9.67. The molecule has 1 aromatic carbocycles. The van der Waals surface area contributed by atoms with Crippen molar-refractivity contribution in [2.75, 3.05) is 24.7 Å². The Bertz CT molecular complexity index is 591. The van der Waals surface area contributed by atoms with Crippen LogP contribution in [0.5, 0.6) is 5.75 Å². The lowest BCUT2D eigenvalue weighted by Gasteiger charge is -2.20. The van der Waals surface area contributed by atoms with Gasteiger partial charge in [-0.3, -0.25) is 9.59 Å². The fourth-order valence-corrected chi connectivity index (χ4v) is 5.54. The summed E-state index contributed by atoms with van der Waals surface area (Å²) < 4.78 is 5.96. The summed E-state index contributed by atoms with van der Waals surface area (Å²) in [5.41, 5.74) is 0.979. The number of carboxylic acid groups (broad SMARTS) is 2. The molecule has 0 aliphatic rings. The summed E-state index contributed by atoms with van der Waals surface area (Å²) in [5.74, 6) is 0.0431. The van der Waals surface area contributed by atoms with Gasteiger partial charge in [-0.15, -0.1) is 23.5 Å². The average Bonchev–Trinajstić information content (AvgIpc) is 2.71. The highest BCUT2D eigenvalue weighted by atomic mass is 32.2. The molecule has 8 heteroatoms. The van der Waals surface area contributed by atoms with Crippen LogP contribution in [0.2, 0.25) is 0 Å². The molecule has 1 aromatic rings. The molecule has 0 heterocycles. The fourth-order valence-electron chi connectivity index (χ4n) is 2.82. The Morgan fingerprint density at radius 3 is 1.93 bits per heavy atom. The molecule has 0 aliphatic heterocycles. The van der Waals surface area contributed by atoms with Gasteiger partial charge in [-0.1, -0.05) is 50.3 Å². The number of aliphatic carboxylic acids is 2. The first-order valence-electron chi connectivity index (χ1n) is 10.5. The zero-order chi connectivity index (χ0) is 22.0. The Kier molecular flexibility index (Phi) is 15.4. The van der Waals surface area contributed by atoms with Crippen LogP contribution in [0.15, 0.2) is 24.3 Å². The number of aliphatic hydroxyl groups excluding tert-OH is 1. The van der Waals surface area contributed by atoms with Crippen molar-refractivity contribution in [1.82, 2.24) is 0 Å². The Morgan fingerprint density at radius 2 is 1.37 bits per heavy atom. The van der Waals surface area contributed by atoms with Crippen LogP contribution in [0.4, 0.5) is 0 Å². The predicted molar refractivity (Wildman–Crippen MR) is 124 cm³/mol. The normalized spacial score (nSPS) is 11.0. The van der Waals surface area contributed by atoms with Crippen LogP contribution in [0.25, 0.3) is 0 Å². The highest BCUT2D eigenvalue weighted by Crippen LogP contribution is 2.44. The maximum Gasteiger partial charge on any atom is 0.304 e. The van der Waals surface area contributed by atoms with Crippen LogP contribution in [0, 0.1) is 0 Å². The van der Waals surface area contributed by atoms with Crippen LogP contribution in [0.3, 0.4) is 0 Å². The summed E-state index contributed by atoms with van der Waals surface area (Å²) in [7, 11) is 0. The van der Waals surface area contributed by atoms with E-state index in [9.17, 15) is 9.59 Å². The number of hydrogen-bond donors (Lipinski definition) is 3. The summed E-state index contributed by atoms with van der Waals surface area (Å²) >= 11 is 3.03. The first kappa shape index (κ1) is 26.7. The number of aliphatic hydroxyl groups is 1. The van der Waals surface area contributed by atoms with Gasteiger partial charge in [-0.2, -0.15) is 0 Å². The van der Waals surface area contributed by atoms with Crippen molar-refractivity contribution in [3.05, 3.63) is 29.8 Å². The fraction of sp³-hybridized carbons (Fsp3) is 0.636. The summed E-state index contributed by atoms with van der Waals surface area (Å²) in [5, 5.41) is 26.6. The number of ether oxygens (including phenoxy) is 1. The van der Waals surface area contributed by atoms with Crippen LogP contribution >= 0.6 is 23.5 Å². The molecule has 170 valence electrons.